The summed E-state index contributed by atoms with van der Waals surface area (Å²) in [5, 5.41) is 22.5. The van der Waals surface area contributed by atoms with Crippen molar-refractivity contribution in [1.29, 1.82) is 0 Å². The fourth-order valence-electron chi connectivity index (χ4n) is 1.85. The molecular weight excluding hydrogens is 260 g/mol. The third-order valence-corrected chi connectivity index (χ3v) is 2.96. The van der Waals surface area contributed by atoms with E-state index in [0.717, 1.165) is 17.5 Å². The van der Waals surface area contributed by atoms with Gasteiger partial charge in [-0.3, -0.25) is 0 Å². The lowest BCUT2D eigenvalue weighted by atomic mass is 10.1. The van der Waals surface area contributed by atoms with Gasteiger partial charge in [0.2, 0.25) is 0 Å². The van der Waals surface area contributed by atoms with Gasteiger partial charge in [0.15, 0.2) is 0 Å². The van der Waals surface area contributed by atoms with E-state index in [1.165, 1.54) is 0 Å². The van der Waals surface area contributed by atoms with Crippen LogP contribution in [0.5, 0.6) is 0 Å². The Morgan fingerprint density at radius 2 is 1.90 bits per heavy atom. The molecule has 0 aliphatic carbocycles. The van der Waals surface area contributed by atoms with Gasteiger partial charge in [-0.15, -0.1) is 0 Å². The number of urea groups is 1. The molecule has 0 heterocycles. The first-order valence-electron chi connectivity index (χ1n) is 6.53. The molecule has 20 heavy (non-hydrogen) atoms. The maximum atomic E-state index is 11.6. The molecular formula is C14H20N2O4. The summed E-state index contributed by atoms with van der Waals surface area (Å²) >= 11 is 0. The second-order valence-electron chi connectivity index (χ2n) is 4.35. The van der Waals surface area contributed by atoms with Gasteiger partial charge in [-0.1, -0.05) is 31.2 Å². The Kier molecular flexibility index (Phi) is 6.52. The molecule has 110 valence electrons. The number of amides is 2. The number of aryl methyl sites for hydroxylation is 1. The molecule has 0 radical (unpaired) electrons. The maximum Gasteiger partial charge on any atom is 0.326 e. The number of nitrogens with one attached hydrogen (secondary N) is 2. The molecule has 1 aromatic carbocycles. The van der Waals surface area contributed by atoms with Crippen molar-refractivity contribution in [3.8, 4) is 0 Å². The predicted octanol–water partition coefficient (Wildman–Crippen LogP) is 0.884. The van der Waals surface area contributed by atoms with Crippen molar-refractivity contribution in [2.45, 2.75) is 32.4 Å². The van der Waals surface area contributed by atoms with Crippen LogP contribution in [0.3, 0.4) is 0 Å². The molecule has 0 saturated carbocycles. The SMILES string of the molecule is CCc1ccccc1CNC(=O)NC(CCO)C(=O)O. The Hall–Kier alpha value is -2.08. The lowest BCUT2D eigenvalue weighted by molar-refractivity contribution is -0.139. The number of carbonyl (C=O) groups is 2. The summed E-state index contributed by atoms with van der Waals surface area (Å²) in [5.74, 6) is -1.16. The van der Waals surface area contributed by atoms with E-state index in [-0.39, 0.29) is 13.0 Å². The van der Waals surface area contributed by atoms with E-state index in [9.17, 15) is 9.59 Å². The Bertz CT molecular complexity index is 462. The van der Waals surface area contributed by atoms with Crippen LogP contribution in [0.4, 0.5) is 4.79 Å². The summed E-state index contributed by atoms with van der Waals surface area (Å²) in [4.78, 5) is 22.5. The molecule has 1 unspecified atom stereocenters. The molecule has 1 rings (SSSR count). The van der Waals surface area contributed by atoms with Crippen LogP contribution in [0, 0.1) is 0 Å². The fourth-order valence-corrected chi connectivity index (χ4v) is 1.85. The Morgan fingerprint density at radius 3 is 2.45 bits per heavy atom. The van der Waals surface area contributed by atoms with Crippen molar-refractivity contribution < 1.29 is 19.8 Å². The van der Waals surface area contributed by atoms with Crippen molar-refractivity contribution in [1.82, 2.24) is 10.6 Å². The van der Waals surface area contributed by atoms with Crippen molar-refractivity contribution in [2.75, 3.05) is 6.61 Å². The quantitative estimate of drug-likeness (QED) is 0.596. The lowest BCUT2D eigenvalue weighted by Gasteiger charge is -2.15. The predicted molar refractivity (Wildman–Crippen MR) is 74.3 cm³/mol. The minimum Gasteiger partial charge on any atom is -0.480 e. The van der Waals surface area contributed by atoms with E-state index in [1.807, 2.05) is 31.2 Å². The van der Waals surface area contributed by atoms with Gasteiger partial charge in [0.05, 0.1) is 0 Å². The van der Waals surface area contributed by atoms with E-state index in [0.29, 0.717) is 6.54 Å². The van der Waals surface area contributed by atoms with Crippen LogP contribution in [0.25, 0.3) is 0 Å². The molecule has 2 amide bonds. The van der Waals surface area contributed by atoms with Crippen molar-refractivity contribution in [3.63, 3.8) is 0 Å². The average molecular weight is 280 g/mol. The highest BCUT2D eigenvalue weighted by Gasteiger charge is 2.18. The highest BCUT2D eigenvalue weighted by atomic mass is 16.4. The zero-order chi connectivity index (χ0) is 15.0. The van der Waals surface area contributed by atoms with Crippen LogP contribution in [-0.4, -0.2) is 34.9 Å². The second-order valence-corrected chi connectivity index (χ2v) is 4.35. The van der Waals surface area contributed by atoms with Crippen LogP contribution in [0.2, 0.25) is 0 Å². The molecule has 4 N–H and O–H groups in total. The zero-order valence-corrected chi connectivity index (χ0v) is 11.4. The minimum absolute atomic E-state index is 0.0195. The number of aliphatic hydroxyl groups is 1. The van der Waals surface area contributed by atoms with E-state index in [2.05, 4.69) is 10.6 Å². The molecule has 6 nitrogen and oxygen atoms in total. The molecule has 1 atom stereocenters. The van der Waals surface area contributed by atoms with E-state index >= 15 is 0 Å². The smallest absolute Gasteiger partial charge is 0.326 e. The summed E-state index contributed by atoms with van der Waals surface area (Å²) in [6.07, 6.45) is 0.843. The van der Waals surface area contributed by atoms with Crippen molar-refractivity contribution in [2.24, 2.45) is 0 Å². The number of rotatable bonds is 7. The molecule has 0 aliphatic heterocycles. The van der Waals surface area contributed by atoms with Gasteiger partial charge >= 0.3 is 12.0 Å². The Labute approximate surface area is 117 Å². The summed E-state index contributed by atoms with van der Waals surface area (Å²) in [6, 6.07) is 6.09. The zero-order valence-electron chi connectivity index (χ0n) is 11.4. The monoisotopic (exact) mass is 280 g/mol. The van der Waals surface area contributed by atoms with Crippen LogP contribution in [-0.2, 0) is 17.8 Å². The average Bonchev–Trinajstić information content (AvgIpc) is 2.44. The number of aliphatic hydroxyl groups excluding tert-OH is 1. The largest absolute Gasteiger partial charge is 0.480 e. The van der Waals surface area contributed by atoms with Crippen LogP contribution >= 0.6 is 0 Å². The first-order chi connectivity index (χ1) is 9.58. The molecule has 0 fully saturated rings. The summed E-state index contributed by atoms with van der Waals surface area (Å²) in [7, 11) is 0. The first-order valence-corrected chi connectivity index (χ1v) is 6.53. The normalized spacial score (nSPS) is 11.7. The number of aliphatic carboxylic acids is 1. The molecule has 1 aromatic rings. The number of hydrogen-bond acceptors (Lipinski definition) is 3. The third kappa shape index (κ3) is 4.89. The highest BCUT2D eigenvalue weighted by molar-refractivity contribution is 5.82. The molecule has 0 saturated heterocycles. The molecule has 0 aromatic heterocycles. The summed E-state index contributed by atoms with van der Waals surface area (Å²) in [6.45, 7) is 2.07. The third-order valence-electron chi connectivity index (χ3n) is 2.96. The molecule has 0 aliphatic rings. The Balaban J connectivity index is 2.52. The number of benzene rings is 1. The maximum absolute atomic E-state index is 11.6. The van der Waals surface area contributed by atoms with Gasteiger partial charge in [-0.2, -0.15) is 0 Å². The number of hydrogen-bond donors (Lipinski definition) is 4. The van der Waals surface area contributed by atoms with E-state index in [1.54, 1.807) is 0 Å². The molecule has 0 bridgehead atoms. The van der Waals surface area contributed by atoms with Crippen molar-refractivity contribution in [3.05, 3.63) is 35.4 Å². The summed E-state index contributed by atoms with van der Waals surface area (Å²) in [5.41, 5.74) is 2.14. The second kappa shape index (κ2) is 8.16. The lowest BCUT2D eigenvalue weighted by Crippen LogP contribution is -2.46. The van der Waals surface area contributed by atoms with Gasteiger partial charge in [0.25, 0.3) is 0 Å². The molecule has 0 spiro atoms. The number of carbonyl (C=O) groups excluding carboxylic acids is 1. The highest BCUT2D eigenvalue weighted by Crippen LogP contribution is 2.08. The van der Waals surface area contributed by atoms with Gasteiger partial charge in [-0.25, -0.2) is 9.59 Å². The van der Waals surface area contributed by atoms with Gasteiger partial charge < -0.3 is 20.8 Å². The fraction of sp³-hybridized carbons (Fsp3) is 0.429. The summed E-state index contributed by atoms with van der Waals surface area (Å²) < 4.78 is 0. The van der Waals surface area contributed by atoms with Crippen LogP contribution in [0.15, 0.2) is 24.3 Å². The van der Waals surface area contributed by atoms with Crippen LogP contribution < -0.4 is 10.6 Å². The Morgan fingerprint density at radius 1 is 1.25 bits per heavy atom. The van der Waals surface area contributed by atoms with E-state index in [4.69, 9.17) is 10.2 Å². The standard InChI is InChI=1S/C14H20N2O4/c1-2-10-5-3-4-6-11(10)9-15-14(20)16-12(7-8-17)13(18)19/h3-6,12,17H,2,7-9H2,1H3,(H,18,19)(H2,15,16,20). The molecule has 6 heteroatoms. The van der Waals surface area contributed by atoms with E-state index < -0.39 is 18.0 Å². The minimum atomic E-state index is -1.16. The van der Waals surface area contributed by atoms with Gasteiger partial charge in [0, 0.05) is 19.6 Å². The number of carboxylic acid groups (broad SMARTS) is 1. The van der Waals surface area contributed by atoms with Crippen LogP contribution in [0.1, 0.15) is 24.5 Å². The van der Waals surface area contributed by atoms with Crippen molar-refractivity contribution >= 4 is 12.0 Å². The number of carboxylic acids is 1. The van der Waals surface area contributed by atoms with Gasteiger partial charge in [-0.05, 0) is 17.5 Å². The topological polar surface area (TPSA) is 98.7 Å². The first kappa shape index (κ1) is 16.0. The van der Waals surface area contributed by atoms with Gasteiger partial charge in [0.1, 0.15) is 6.04 Å².